The number of carboxylic acids is 1. The largest absolute Gasteiger partial charge is 0.477 e. The fraction of sp³-hybridized carbons (Fsp3) is 0.462. The number of urea groups is 1. The van der Waals surface area contributed by atoms with Crippen molar-refractivity contribution in [3.05, 3.63) is 29.6 Å². The molecule has 6 nitrogen and oxygen atoms in total. The van der Waals surface area contributed by atoms with Crippen LogP contribution in [-0.2, 0) is 6.54 Å². The fourth-order valence-electron chi connectivity index (χ4n) is 1.89. The number of aromatic carboxylic acids is 1. The Kier molecular flexibility index (Phi) is 5.23. The van der Waals surface area contributed by atoms with Crippen LogP contribution in [0.5, 0.6) is 0 Å². The maximum absolute atomic E-state index is 12.0. The van der Waals surface area contributed by atoms with Crippen LogP contribution < -0.4 is 5.32 Å². The second-order valence-corrected chi connectivity index (χ2v) is 5.69. The fourth-order valence-corrected chi connectivity index (χ4v) is 2.78. The summed E-state index contributed by atoms with van der Waals surface area (Å²) in [7, 11) is 0. The summed E-state index contributed by atoms with van der Waals surface area (Å²) in [5.41, 5.74) is 0.789. The molecule has 0 unspecified atom stereocenters. The smallest absolute Gasteiger partial charge is 0.354 e. The van der Waals surface area contributed by atoms with Gasteiger partial charge < -0.3 is 15.3 Å². The highest BCUT2D eigenvalue weighted by atomic mass is 32.2. The molecule has 0 bridgehead atoms. The van der Waals surface area contributed by atoms with Gasteiger partial charge in [0.2, 0.25) is 0 Å². The van der Waals surface area contributed by atoms with Crippen molar-refractivity contribution in [1.82, 2.24) is 15.2 Å². The molecule has 2 N–H and O–H groups in total. The Labute approximate surface area is 121 Å². The van der Waals surface area contributed by atoms with Crippen LogP contribution in [0.2, 0.25) is 0 Å². The molecule has 0 radical (unpaired) electrons. The minimum Gasteiger partial charge on any atom is -0.477 e. The number of hydrogen-bond donors (Lipinski definition) is 2. The Hall–Kier alpha value is -1.76. The van der Waals surface area contributed by atoms with Crippen LogP contribution in [0.4, 0.5) is 4.79 Å². The van der Waals surface area contributed by atoms with Gasteiger partial charge in [-0.25, -0.2) is 14.6 Å². The zero-order chi connectivity index (χ0) is 14.4. The lowest BCUT2D eigenvalue weighted by atomic mass is 10.2. The molecule has 0 atom stereocenters. The molecule has 1 aromatic rings. The number of hydrogen-bond acceptors (Lipinski definition) is 4. The van der Waals surface area contributed by atoms with Crippen LogP contribution in [0.25, 0.3) is 0 Å². The highest BCUT2D eigenvalue weighted by Gasteiger charge is 2.15. The summed E-state index contributed by atoms with van der Waals surface area (Å²) in [5, 5.41) is 11.6. The summed E-state index contributed by atoms with van der Waals surface area (Å²) in [6, 6.07) is 3.02. The lowest BCUT2D eigenvalue weighted by Crippen LogP contribution is -2.40. The summed E-state index contributed by atoms with van der Waals surface area (Å²) >= 11 is 1.87. The number of rotatable bonds is 3. The van der Waals surface area contributed by atoms with Crippen LogP contribution in [0, 0.1) is 0 Å². The van der Waals surface area contributed by atoms with Gasteiger partial charge >= 0.3 is 12.0 Å². The first-order chi connectivity index (χ1) is 9.66. The van der Waals surface area contributed by atoms with E-state index in [0.29, 0.717) is 6.54 Å². The number of nitrogens with zero attached hydrogens (tertiary/aromatic N) is 2. The standard InChI is InChI=1S/C13H17N3O3S/c17-12(18)11-3-2-10(8-14-11)9-15-13(19)16-4-1-6-20-7-5-16/h2-3,8H,1,4-7,9H2,(H,15,19)(H,17,18). The molecule has 1 fully saturated rings. The molecule has 2 amide bonds. The van der Waals surface area contributed by atoms with E-state index >= 15 is 0 Å². The van der Waals surface area contributed by atoms with Crippen molar-refractivity contribution < 1.29 is 14.7 Å². The summed E-state index contributed by atoms with van der Waals surface area (Å²) < 4.78 is 0. The number of carbonyl (C=O) groups excluding carboxylic acids is 1. The van der Waals surface area contributed by atoms with Crippen molar-refractivity contribution in [2.75, 3.05) is 24.6 Å². The summed E-state index contributed by atoms with van der Waals surface area (Å²) in [4.78, 5) is 28.3. The number of thioether (sulfide) groups is 1. The van der Waals surface area contributed by atoms with Gasteiger partial charge in [-0.15, -0.1) is 0 Å². The average molecular weight is 295 g/mol. The van der Waals surface area contributed by atoms with E-state index in [1.807, 2.05) is 16.7 Å². The van der Waals surface area contributed by atoms with Crippen molar-refractivity contribution in [3.63, 3.8) is 0 Å². The minimum atomic E-state index is -1.05. The quantitative estimate of drug-likeness (QED) is 0.881. The van der Waals surface area contributed by atoms with Gasteiger partial charge in [-0.05, 0) is 23.8 Å². The van der Waals surface area contributed by atoms with E-state index in [0.717, 1.165) is 36.6 Å². The van der Waals surface area contributed by atoms with Crippen LogP contribution in [0.15, 0.2) is 18.3 Å². The highest BCUT2D eigenvalue weighted by molar-refractivity contribution is 7.99. The van der Waals surface area contributed by atoms with Gasteiger partial charge in [-0.3, -0.25) is 0 Å². The molecular weight excluding hydrogens is 278 g/mol. The molecule has 0 saturated carbocycles. The number of aromatic nitrogens is 1. The first-order valence-electron chi connectivity index (χ1n) is 6.45. The second kappa shape index (κ2) is 7.14. The molecule has 108 valence electrons. The Bertz CT molecular complexity index is 470. The average Bonchev–Trinajstić information content (AvgIpc) is 2.74. The topological polar surface area (TPSA) is 82.5 Å². The van der Waals surface area contributed by atoms with Gasteiger partial charge in [0.15, 0.2) is 0 Å². The van der Waals surface area contributed by atoms with Crippen molar-refractivity contribution >= 4 is 23.8 Å². The summed E-state index contributed by atoms with van der Waals surface area (Å²) in [5.74, 6) is 1.02. The SMILES string of the molecule is O=C(O)c1ccc(CNC(=O)N2CCCSCC2)cn1. The third-order valence-electron chi connectivity index (χ3n) is 3.00. The lowest BCUT2D eigenvalue weighted by molar-refractivity contribution is 0.0690. The Morgan fingerprint density at radius 2 is 2.20 bits per heavy atom. The van der Waals surface area contributed by atoms with Crippen molar-refractivity contribution in [2.45, 2.75) is 13.0 Å². The normalized spacial score (nSPS) is 15.5. The van der Waals surface area contributed by atoms with Crippen LogP contribution >= 0.6 is 11.8 Å². The first-order valence-corrected chi connectivity index (χ1v) is 7.61. The van der Waals surface area contributed by atoms with E-state index < -0.39 is 5.97 Å². The number of pyridine rings is 1. The van der Waals surface area contributed by atoms with Crippen molar-refractivity contribution in [3.8, 4) is 0 Å². The molecule has 0 aliphatic carbocycles. The van der Waals surface area contributed by atoms with Crippen LogP contribution in [0.3, 0.4) is 0 Å². The molecule has 20 heavy (non-hydrogen) atoms. The molecule has 1 aromatic heterocycles. The molecule has 2 heterocycles. The number of amides is 2. The molecule has 1 saturated heterocycles. The van der Waals surface area contributed by atoms with Crippen LogP contribution in [0.1, 0.15) is 22.5 Å². The lowest BCUT2D eigenvalue weighted by Gasteiger charge is -2.20. The Balaban J connectivity index is 1.84. The predicted octanol–water partition coefficient (Wildman–Crippen LogP) is 1.43. The van der Waals surface area contributed by atoms with Gasteiger partial charge in [-0.1, -0.05) is 6.07 Å². The van der Waals surface area contributed by atoms with E-state index in [1.54, 1.807) is 6.07 Å². The summed E-state index contributed by atoms with van der Waals surface area (Å²) in [6.07, 6.45) is 2.50. The second-order valence-electron chi connectivity index (χ2n) is 4.47. The monoisotopic (exact) mass is 295 g/mol. The molecule has 7 heteroatoms. The zero-order valence-electron chi connectivity index (χ0n) is 11.0. The number of carbonyl (C=O) groups is 2. The third-order valence-corrected chi connectivity index (χ3v) is 4.05. The van der Waals surface area contributed by atoms with Crippen molar-refractivity contribution in [2.24, 2.45) is 0 Å². The van der Waals surface area contributed by atoms with Crippen molar-refractivity contribution in [1.29, 1.82) is 0 Å². The number of nitrogens with one attached hydrogen (secondary N) is 1. The highest BCUT2D eigenvalue weighted by Crippen LogP contribution is 2.10. The Morgan fingerprint density at radius 3 is 2.90 bits per heavy atom. The zero-order valence-corrected chi connectivity index (χ0v) is 11.9. The molecule has 1 aliphatic heterocycles. The third kappa shape index (κ3) is 4.12. The van der Waals surface area contributed by atoms with Crippen LogP contribution in [-0.4, -0.2) is 51.6 Å². The van der Waals surface area contributed by atoms with Gasteiger partial charge in [0.1, 0.15) is 5.69 Å². The molecule has 1 aliphatic rings. The molecular formula is C13H17N3O3S. The summed E-state index contributed by atoms with van der Waals surface area (Å²) in [6.45, 7) is 1.91. The van der Waals surface area contributed by atoms with E-state index in [-0.39, 0.29) is 11.7 Å². The van der Waals surface area contributed by atoms with E-state index in [1.165, 1.54) is 12.3 Å². The van der Waals surface area contributed by atoms with E-state index in [4.69, 9.17) is 5.11 Å². The first kappa shape index (κ1) is 14.6. The molecule has 0 spiro atoms. The maximum Gasteiger partial charge on any atom is 0.354 e. The van der Waals surface area contributed by atoms with Gasteiger partial charge in [0.05, 0.1) is 0 Å². The molecule has 0 aromatic carbocycles. The molecule has 2 rings (SSSR count). The maximum atomic E-state index is 12.0. The van der Waals surface area contributed by atoms with Gasteiger partial charge in [-0.2, -0.15) is 11.8 Å². The minimum absolute atomic E-state index is 0.00428. The number of carboxylic acid groups (broad SMARTS) is 1. The predicted molar refractivity (Wildman–Crippen MR) is 76.9 cm³/mol. The van der Waals surface area contributed by atoms with E-state index in [2.05, 4.69) is 10.3 Å². The van der Waals surface area contributed by atoms with Gasteiger partial charge in [0.25, 0.3) is 0 Å². The van der Waals surface area contributed by atoms with E-state index in [9.17, 15) is 9.59 Å². The van der Waals surface area contributed by atoms with Gasteiger partial charge in [0, 0.05) is 31.6 Å². The Morgan fingerprint density at radius 1 is 1.35 bits per heavy atom.